The van der Waals surface area contributed by atoms with Crippen molar-refractivity contribution < 1.29 is 35.5 Å². The van der Waals surface area contributed by atoms with Crippen LogP contribution in [0.2, 0.25) is 15.1 Å². The lowest BCUT2D eigenvalue weighted by Crippen LogP contribution is -2.33. The van der Waals surface area contributed by atoms with E-state index < -0.39 is 42.1 Å². The van der Waals surface area contributed by atoms with Gasteiger partial charge in [0.1, 0.15) is 18.3 Å². The van der Waals surface area contributed by atoms with E-state index in [0.717, 1.165) is 24.3 Å². The molecule has 0 spiro atoms. The number of carbonyl (C=O) groups excluding carboxylic acids is 1. The predicted molar refractivity (Wildman–Crippen MR) is 122 cm³/mol. The molecule has 0 saturated heterocycles. The number of allylic oxidation sites excluding steroid dienone is 1. The third-order valence-corrected chi connectivity index (χ3v) is 6.10. The molecule has 0 aromatic heterocycles. The van der Waals surface area contributed by atoms with Crippen LogP contribution in [-0.4, -0.2) is 24.8 Å². The van der Waals surface area contributed by atoms with Crippen molar-refractivity contribution in [3.63, 3.8) is 0 Å². The number of alkyl halides is 6. The molecule has 3 aromatic carbocycles. The molecule has 0 aliphatic heterocycles. The van der Waals surface area contributed by atoms with E-state index in [0.29, 0.717) is 6.08 Å². The van der Waals surface area contributed by atoms with Crippen molar-refractivity contribution >= 4 is 57.3 Å². The Labute approximate surface area is 209 Å². The molecule has 0 saturated carbocycles. The molecule has 1 amide bonds. The Hall–Kier alpha value is -2.49. The minimum atomic E-state index is -4.94. The summed E-state index contributed by atoms with van der Waals surface area (Å²) in [6.07, 6.45) is -9.27. The molecule has 2 nitrogen and oxygen atoms in total. The highest BCUT2D eigenvalue weighted by atomic mass is 35.5. The Morgan fingerprint density at radius 2 is 1.40 bits per heavy atom. The van der Waals surface area contributed by atoms with E-state index in [4.69, 9.17) is 34.8 Å². The Kier molecular flexibility index (Phi) is 7.93. The summed E-state index contributed by atoms with van der Waals surface area (Å²) < 4.78 is 94.1. The fourth-order valence-electron chi connectivity index (χ4n) is 3.35. The van der Waals surface area contributed by atoms with E-state index >= 15 is 4.39 Å². The molecule has 0 aliphatic rings. The maximum Gasteiger partial charge on any atom is 0.405 e. The third-order valence-electron chi connectivity index (χ3n) is 4.91. The van der Waals surface area contributed by atoms with Crippen LogP contribution in [0.3, 0.4) is 0 Å². The zero-order valence-electron chi connectivity index (χ0n) is 17.2. The molecule has 35 heavy (non-hydrogen) atoms. The van der Waals surface area contributed by atoms with Gasteiger partial charge in [0, 0.05) is 11.1 Å². The maximum absolute atomic E-state index is 15.3. The van der Waals surface area contributed by atoms with Gasteiger partial charge in [-0.2, -0.15) is 26.3 Å². The first kappa shape index (κ1) is 27.1. The third kappa shape index (κ3) is 6.39. The average molecular weight is 559 g/mol. The second-order valence-electron chi connectivity index (χ2n) is 7.34. The van der Waals surface area contributed by atoms with Gasteiger partial charge in [-0.3, -0.25) is 4.79 Å². The molecule has 1 unspecified atom stereocenters. The van der Waals surface area contributed by atoms with Crippen LogP contribution in [-0.2, 0) is 0 Å². The summed E-state index contributed by atoms with van der Waals surface area (Å²) in [4.78, 5) is 12.3. The number of rotatable bonds is 5. The molecular weight excluding hydrogens is 546 g/mol. The standard InChI is InChI=1S/C23H13Cl3F7NO/c24-17-7-11(8-18(25)20(17)26)16(23(31,32)33)9-19(27)14-5-6-15(13-4-2-1-3-12(13)14)21(35)34-10-22(28,29)30/h1-9,16H,10H2,(H,34,35). The van der Waals surface area contributed by atoms with Gasteiger partial charge in [-0.25, -0.2) is 4.39 Å². The molecular formula is C23H13Cl3F7NO. The number of carbonyl (C=O) groups is 1. The summed E-state index contributed by atoms with van der Waals surface area (Å²) in [5.41, 5.74) is -0.960. The Morgan fingerprint density at radius 3 is 1.91 bits per heavy atom. The summed E-state index contributed by atoms with van der Waals surface area (Å²) in [7, 11) is 0. The minimum Gasteiger partial charge on any atom is -0.343 e. The van der Waals surface area contributed by atoms with Crippen molar-refractivity contribution in [3.8, 4) is 0 Å². The van der Waals surface area contributed by atoms with Crippen molar-refractivity contribution in [1.82, 2.24) is 5.32 Å². The first-order valence-corrected chi connectivity index (χ1v) is 10.8. The Balaban J connectivity index is 2.09. The molecule has 3 aromatic rings. The summed E-state index contributed by atoms with van der Waals surface area (Å²) in [5, 5.41) is 1.12. The van der Waals surface area contributed by atoms with Crippen molar-refractivity contribution in [1.29, 1.82) is 0 Å². The summed E-state index contributed by atoms with van der Waals surface area (Å²) in [6.45, 7) is -1.59. The molecule has 0 fully saturated rings. The topological polar surface area (TPSA) is 29.1 Å². The van der Waals surface area contributed by atoms with E-state index in [1.165, 1.54) is 24.3 Å². The van der Waals surface area contributed by atoms with Crippen molar-refractivity contribution in [2.45, 2.75) is 18.3 Å². The SMILES string of the molecule is O=C(NCC(F)(F)F)c1ccc(C(F)=CC(c2cc(Cl)c(Cl)c(Cl)c2)C(F)(F)F)c2ccccc12. The Bertz CT molecular complexity index is 1280. The molecule has 0 heterocycles. The second kappa shape index (κ2) is 10.2. The summed E-state index contributed by atoms with van der Waals surface area (Å²) in [5.74, 6) is -4.82. The lowest BCUT2D eigenvalue weighted by Gasteiger charge is -2.19. The van der Waals surface area contributed by atoms with E-state index in [2.05, 4.69) is 0 Å². The zero-order chi connectivity index (χ0) is 26.1. The van der Waals surface area contributed by atoms with Crippen LogP contribution in [0.5, 0.6) is 0 Å². The largest absolute Gasteiger partial charge is 0.405 e. The number of nitrogens with one attached hydrogen (secondary N) is 1. The second-order valence-corrected chi connectivity index (χ2v) is 8.53. The van der Waals surface area contributed by atoms with Gasteiger partial charge in [-0.05, 0) is 40.6 Å². The number of amides is 1. The quantitative estimate of drug-likeness (QED) is 0.246. The molecule has 0 bridgehead atoms. The highest BCUT2D eigenvalue weighted by Gasteiger charge is 2.40. The van der Waals surface area contributed by atoms with E-state index in [1.54, 1.807) is 5.32 Å². The van der Waals surface area contributed by atoms with Crippen molar-refractivity contribution in [2.75, 3.05) is 6.54 Å². The molecule has 0 radical (unpaired) electrons. The van der Waals surface area contributed by atoms with E-state index in [1.807, 2.05) is 0 Å². The van der Waals surface area contributed by atoms with Gasteiger partial charge in [-0.15, -0.1) is 0 Å². The highest BCUT2D eigenvalue weighted by molar-refractivity contribution is 6.48. The molecule has 3 rings (SSSR count). The lowest BCUT2D eigenvalue weighted by molar-refractivity contribution is -0.139. The lowest BCUT2D eigenvalue weighted by atomic mass is 9.94. The minimum absolute atomic E-state index is 0.0222. The van der Waals surface area contributed by atoms with Gasteiger partial charge in [0.25, 0.3) is 5.91 Å². The fraction of sp³-hybridized carbons (Fsp3) is 0.174. The van der Waals surface area contributed by atoms with Crippen molar-refractivity contribution in [3.05, 3.63) is 86.4 Å². The highest BCUT2D eigenvalue weighted by Crippen LogP contribution is 2.42. The van der Waals surface area contributed by atoms with Gasteiger partial charge in [0.2, 0.25) is 0 Å². The van der Waals surface area contributed by atoms with Crippen LogP contribution in [0, 0.1) is 0 Å². The summed E-state index contributed by atoms with van der Waals surface area (Å²) >= 11 is 17.5. The van der Waals surface area contributed by atoms with Crippen LogP contribution in [0.25, 0.3) is 16.6 Å². The summed E-state index contributed by atoms with van der Waals surface area (Å²) in [6, 6.07) is 9.46. The number of hydrogen-bond acceptors (Lipinski definition) is 1. The average Bonchev–Trinajstić information content (AvgIpc) is 2.77. The van der Waals surface area contributed by atoms with Gasteiger partial charge in [0.15, 0.2) is 0 Å². The van der Waals surface area contributed by atoms with Gasteiger partial charge in [-0.1, -0.05) is 65.1 Å². The monoisotopic (exact) mass is 557 g/mol. The predicted octanol–water partition coefficient (Wildman–Crippen LogP) is 8.75. The Morgan fingerprint density at radius 1 is 0.886 bits per heavy atom. The number of fused-ring (bicyclic) bond motifs is 1. The zero-order valence-corrected chi connectivity index (χ0v) is 19.4. The van der Waals surface area contributed by atoms with Gasteiger partial charge in [0.05, 0.1) is 15.1 Å². The van der Waals surface area contributed by atoms with E-state index in [9.17, 15) is 31.1 Å². The van der Waals surface area contributed by atoms with Gasteiger partial charge >= 0.3 is 12.4 Å². The van der Waals surface area contributed by atoms with Crippen LogP contribution in [0.1, 0.15) is 27.4 Å². The first-order valence-electron chi connectivity index (χ1n) is 9.64. The molecule has 1 atom stereocenters. The molecule has 12 heteroatoms. The van der Waals surface area contributed by atoms with Gasteiger partial charge < -0.3 is 5.32 Å². The maximum atomic E-state index is 15.3. The van der Waals surface area contributed by atoms with Crippen LogP contribution in [0.15, 0.2) is 54.6 Å². The first-order chi connectivity index (χ1) is 16.2. The number of hydrogen-bond donors (Lipinski definition) is 1. The van der Waals surface area contributed by atoms with Crippen LogP contribution in [0.4, 0.5) is 30.7 Å². The normalized spacial score (nSPS) is 13.7. The molecule has 186 valence electrons. The molecule has 0 aliphatic carbocycles. The molecule has 1 N–H and O–H groups in total. The fourth-order valence-corrected chi connectivity index (χ4v) is 3.96. The van der Waals surface area contributed by atoms with Crippen LogP contribution < -0.4 is 5.32 Å². The van der Waals surface area contributed by atoms with Crippen molar-refractivity contribution in [2.24, 2.45) is 0 Å². The van der Waals surface area contributed by atoms with Crippen LogP contribution >= 0.6 is 34.8 Å². The number of benzene rings is 3. The smallest absolute Gasteiger partial charge is 0.343 e. The number of halogens is 10. The van der Waals surface area contributed by atoms with E-state index in [-0.39, 0.29) is 37.0 Å².